The van der Waals surface area contributed by atoms with Crippen LogP contribution in [-0.2, 0) is 0 Å². The van der Waals surface area contributed by atoms with Gasteiger partial charge >= 0.3 is 5.97 Å². The number of nitrogens with one attached hydrogen (secondary N) is 2. The number of fused-ring (bicyclic) bond motifs is 2. The number of anilines is 4. The zero-order valence-corrected chi connectivity index (χ0v) is 28.8. The molecule has 0 aliphatic carbocycles. The summed E-state index contributed by atoms with van der Waals surface area (Å²) < 4.78 is 28.7. The minimum atomic E-state index is -1.15. The summed E-state index contributed by atoms with van der Waals surface area (Å²) >= 11 is 0. The maximum absolute atomic E-state index is 14.4. The Morgan fingerprint density at radius 2 is 1.16 bits per heavy atom. The number of aromatic carboxylic acids is 1. The van der Waals surface area contributed by atoms with Crippen LogP contribution in [0, 0.1) is 32.4 Å². The van der Waals surface area contributed by atoms with Gasteiger partial charge in [-0.3, -0.25) is 9.97 Å². The van der Waals surface area contributed by atoms with Gasteiger partial charge in [-0.15, -0.1) is 0 Å². The predicted octanol–water partition coefficient (Wildman–Crippen LogP) is 7.99. The first kappa shape index (κ1) is 37.3. The van der Waals surface area contributed by atoms with Gasteiger partial charge in [-0.05, 0) is 63.2 Å². The van der Waals surface area contributed by atoms with Crippen molar-refractivity contribution in [3.05, 3.63) is 132 Å². The molecule has 274 valence electrons. The fourth-order valence-corrected chi connectivity index (χ4v) is 5.33. The van der Waals surface area contributed by atoms with E-state index in [0.29, 0.717) is 28.1 Å². The molecule has 0 amide bonds. The Kier molecular flexibility index (Phi) is 10.9. The Labute approximate surface area is 312 Å². The number of rotatable bonds is 7. The molecular weight excluding hydrogens is 707 g/mol. The molecule has 0 saturated carbocycles. The van der Waals surface area contributed by atoms with Crippen LogP contribution in [-0.4, -0.2) is 60.9 Å². The summed E-state index contributed by atoms with van der Waals surface area (Å²) in [5.74, 6) is -0.966. The number of hydrogen-bond acceptors (Lipinski definition) is 13. The maximum Gasteiger partial charge on any atom is 0.339 e. The van der Waals surface area contributed by atoms with E-state index in [0.717, 1.165) is 22.5 Å². The van der Waals surface area contributed by atoms with E-state index in [2.05, 4.69) is 60.5 Å². The van der Waals surface area contributed by atoms with Crippen molar-refractivity contribution in [1.82, 2.24) is 49.8 Å². The number of halogens is 2. The van der Waals surface area contributed by atoms with Crippen LogP contribution >= 0.6 is 0 Å². The number of pyridine rings is 2. The lowest BCUT2D eigenvalue weighted by Crippen LogP contribution is -2.07. The smallest absolute Gasteiger partial charge is 0.339 e. The van der Waals surface area contributed by atoms with Crippen LogP contribution in [0.5, 0.6) is 0 Å². The number of carbonyl (C=O) groups is 1. The quantitative estimate of drug-likeness (QED) is 0.143. The predicted molar refractivity (Wildman–Crippen MR) is 204 cm³/mol. The number of aryl methyl sites for hydroxylation is 3. The molecule has 2 aromatic carbocycles. The van der Waals surface area contributed by atoms with Crippen LogP contribution in [0.3, 0.4) is 0 Å². The Hall–Kier alpha value is -7.49. The molecule has 0 aliphatic heterocycles. The summed E-state index contributed by atoms with van der Waals surface area (Å²) in [5, 5.41) is 15.5. The van der Waals surface area contributed by atoms with E-state index in [1.54, 1.807) is 42.9 Å². The van der Waals surface area contributed by atoms with E-state index in [-0.39, 0.29) is 53.2 Å². The first-order valence-corrected chi connectivity index (χ1v) is 16.3. The Morgan fingerprint density at radius 1 is 0.618 bits per heavy atom. The summed E-state index contributed by atoms with van der Waals surface area (Å²) in [4.78, 5) is 54.0. The lowest BCUT2D eigenvalue weighted by atomic mass is 10.1. The molecule has 55 heavy (non-hydrogen) atoms. The van der Waals surface area contributed by atoms with Gasteiger partial charge in [0.15, 0.2) is 45.6 Å². The minimum Gasteiger partial charge on any atom is -0.478 e. The van der Waals surface area contributed by atoms with Crippen molar-refractivity contribution in [3.63, 3.8) is 0 Å². The van der Waals surface area contributed by atoms with Gasteiger partial charge in [-0.2, -0.15) is 0 Å². The second-order valence-electron chi connectivity index (χ2n) is 11.9. The van der Waals surface area contributed by atoms with Gasteiger partial charge in [-0.25, -0.2) is 53.4 Å². The Balaban J connectivity index is 0.000000184. The molecule has 0 atom stereocenters. The molecule has 3 N–H and O–H groups in total. The summed E-state index contributed by atoms with van der Waals surface area (Å²) in [5.41, 5.74) is 5.68. The monoisotopic (exact) mass is 738 g/mol. The second kappa shape index (κ2) is 16.0. The number of hydrogen-bond donors (Lipinski definition) is 3. The van der Waals surface area contributed by atoms with E-state index >= 15 is 0 Å². The van der Waals surface area contributed by atoms with Crippen LogP contribution in [0.4, 0.5) is 31.8 Å². The van der Waals surface area contributed by atoms with Crippen molar-refractivity contribution < 1.29 is 18.7 Å². The second-order valence-corrected chi connectivity index (χ2v) is 11.9. The van der Waals surface area contributed by atoms with Crippen molar-refractivity contribution in [2.75, 3.05) is 10.6 Å². The van der Waals surface area contributed by atoms with Crippen LogP contribution in [0.25, 0.3) is 45.1 Å². The third-order valence-corrected chi connectivity index (χ3v) is 7.85. The highest BCUT2D eigenvalue weighted by Crippen LogP contribution is 2.29. The van der Waals surface area contributed by atoms with E-state index in [9.17, 15) is 18.7 Å². The van der Waals surface area contributed by atoms with Crippen molar-refractivity contribution >= 4 is 51.3 Å². The topological polar surface area (TPSA) is 190 Å². The van der Waals surface area contributed by atoms with Crippen LogP contribution in [0.15, 0.2) is 98.0 Å². The number of carboxylic acids is 1. The van der Waals surface area contributed by atoms with Gasteiger partial charge in [0.25, 0.3) is 0 Å². The SMILES string of the molecule is C.Cc1ccc(F)c(-c2nc(Nc3ccnc(C)c3)c3nccnc3n2)c1.Cc1ccc(F)c(-c2nc(Nc3ccncc3C(=O)O)c3nccnc3n2)c1. The lowest BCUT2D eigenvalue weighted by Gasteiger charge is -2.12. The third-order valence-electron chi connectivity index (χ3n) is 7.85. The molecule has 0 spiro atoms. The highest BCUT2D eigenvalue weighted by atomic mass is 19.1. The van der Waals surface area contributed by atoms with E-state index in [4.69, 9.17) is 0 Å². The highest BCUT2D eigenvalue weighted by Gasteiger charge is 2.18. The van der Waals surface area contributed by atoms with Crippen LogP contribution < -0.4 is 10.6 Å². The summed E-state index contributed by atoms with van der Waals surface area (Å²) in [6, 6.07) is 14.7. The summed E-state index contributed by atoms with van der Waals surface area (Å²) in [6.45, 7) is 5.62. The maximum atomic E-state index is 14.4. The largest absolute Gasteiger partial charge is 0.478 e. The molecule has 8 aromatic rings. The van der Waals surface area contributed by atoms with Gasteiger partial charge in [0.2, 0.25) is 0 Å². The average Bonchev–Trinajstić information content (AvgIpc) is 3.17. The molecule has 8 rings (SSSR count). The normalized spacial score (nSPS) is 10.6. The molecule has 14 nitrogen and oxygen atoms in total. The molecule has 0 fully saturated rings. The van der Waals surface area contributed by atoms with Gasteiger partial charge in [-0.1, -0.05) is 30.7 Å². The average molecular weight is 739 g/mol. The van der Waals surface area contributed by atoms with Gasteiger partial charge in [0.05, 0.1) is 16.8 Å². The molecular formula is C39H32F2N12O2. The zero-order chi connectivity index (χ0) is 37.8. The first-order chi connectivity index (χ1) is 26.1. The van der Waals surface area contributed by atoms with E-state index < -0.39 is 11.8 Å². The Morgan fingerprint density at radius 3 is 1.71 bits per heavy atom. The van der Waals surface area contributed by atoms with Crippen molar-refractivity contribution in [2.24, 2.45) is 0 Å². The number of benzene rings is 2. The van der Waals surface area contributed by atoms with E-state index in [1.165, 1.54) is 43.0 Å². The summed E-state index contributed by atoms with van der Waals surface area (Å²) in [6.07, 6.45) is 10.4. The molecule has 0 unspecified atom stereocenters. The van der Waals surface area contributed by atoms with Crippen molar-refractivity contribution in [2.45, 2.75) is 28.2 Å². The van der Waals surface area contributed by atoms with Crippen molar-refractivity contribution in [1.29, 1.82) is 0 Å². The molecule has 0 radical (unpaired) electrons. The van der Waals surface area contributed by atoms with Gasteiger partial charge in [0.1, 0.15) is 17.2 Å². The standard InChI is InChI=1S/C19H13FN6O2.C19H15FN6.CH4/c1-10-2-3-13(20)11(8-10)16-25-17-15(22-6-7-23-17)18(26-16)24-14-4-5-21-9-12(14)19(27)28;1-11-3-4-15(20)14(9-11)17-25-18-16(22-7-8-23-18)19(26-17)24-13-5-6-21-12(2)10-13;/h2-9H,1H3,(H,27,28)(H,21,23,24,25,26);3-10H,1-2H3,(H,21,23,24,25,26);1H4. The number of aromatic nitrogens is 10. The summed E-state index contributed by atoms with van der Waals surface area (Å²) in [7, 11) is 0. The molecule has 6 heterocycles. The number of carboxylic acid groups (broad SMARTS) is 1. The van der Waals surface area contributed by atoms with Crippen LogP contribution in [0.1, 0.15) is 34.6 Å². The zero-order valence-electron chi connectivity index (χ0n) is 28.8. The van der Waals surface area contributed by atoms with E-state index in [1.807, 2.05) is 32.9 Å². The first-order valence-electron chi connectivity index (χ1n) is 16.3. The third kappa shape index (κ3) is 8.28. The molecule has 0 aliphatic rings. The fraction of sp³-hybridized carbons (Fsp3) is 0.103. The molecule has 0 bridgehead atoms. The fourth-order valence-electron chi connectivity index (χ4n) is 5.33. The van der Waals surface area contributed by atoms with Gasteiger partial charge < -0.3 is 15.7 Å². The minimum absolute atomic E-state index is 0. The molecule has 0 saturated heterocycles. The van der Waals surface area contributed by atoms with Crippen LogP contribution in [0.2, 0.25) is 0 Å². The molecule has 6 aromatic heterocycles. The highest BCUT2D eigenvalue weighted by molar-refractivity contribution is 5.96. The van der Waals surface area contributed by atoms with Gasteiger partial charge in [0, 0.05) is 54.8 Å². The molecule has 16 heteroatoms. The lowest BCUT2D eigenvalue weighted by molar-refractivity contribution is 0.0697. The van der Waals surface area contributed by atoms with Crippen molar-refractivity contribution in [3.8, 4) is 22.8 Å². The number of nitrogens with zero attached hydrogens (tertiary/aromatic N) is 10. The Bertz CT molecular complexity index is 2700.